The maximum absolute atomic E-state index is 5.76. The van der Waals surface area contributed by atoms with Crippen LogP contribution in [0.15, 0.2) is 4.99 Å². The van der Waals surface area contributed by atoms with E-state index < -0.39 is 0 Å². The molecule has 1 saturated carbocycles. The van der Waals surface area contributed by atoms with Gasteiger partial charge in [0.15, 0.2) is 5.96 Å². The van der Waals surface area contributed by atoms with Gasteiger partial charge in [0.25, 0.3) is 0 Å². The highest BCUT2D eigenvalue weighted by molar-refractivity contribution is 14.0. The van der Waals surface area contributed by atoms with Crippen LogP contribution in [-0.2, 0) is 9.47 Å². The summed E-state index contributed by atoms with van der Waals surface area (Å²) in [5.74, 6) is 2.72. The number of halogens is 1. The summed E-state index contributed by atoms with van der Waals surface area (Å²) in [6.07, 6.45) is 9.23. The molecule has 1 saturated heterocycles. The Labute approximate surface area is 164 Å². The molecule has 0 radical (unpaired) electrons. The third-order valence-electron chi connectivity index (χ3n) is 4.97. The molecule has 3 unspecified atom stereocenters. The van der Waals surface area contributed by atoms with E-state index in [9.17, 15) is 0 Å². The smallest absolute Gasteiger partial charge is 0.190 e. The molecule has 142 valence electrons. The molecule has 3 atom stereocenters. The van der Waals surface area contributed by atoms with Crippen LogP contribution in [0.25, 0.3) is 0 Å². The topological polar surface area (TPSA) is 54.9 Å². The van der Waals surface area contributed by atoms with Crippen LogP contribution in [0.2, 0.25) is 0 Å². The summed E-state index contributed by atoms with van der Waals surface area (Å²) in [4.78, 5) is 4.29. The summed E-state index contributed by atoms with van der Waals surface area (Å²) in [5.41, 5.74) is 0. The molecular weight excluding hydrogens is 417 g/mol. The van der Waals surface area contributed by atoms with Gasteiger partial charge in [-0.1, -0.05) is 26.2 Å². The predicted molar refractivity (Wildman–Crippen MR) is 110 cm³/mol. The van der Waals surface area contributed by atoms with Crippen molar-refractivity contribution in [2.75, 3.05) is 40.0 Å². The molecule has 0 aromatic rings. The molecule has 0 aromatic carbocycles. The lowest BCUT2D eigenvalue weighted by molar-refractivity contribution is 0.0420. The van der Waals surface area contributed by atoms with Crippen molar-refractivity contribution < 1.29 is 9.47 Å². The van der Waals surface area contributed by atoms with E-state index in [1.54, 1.807) is 0 Å². The number of rotatable bonds is 8. The minimum atomic E-state index is 0. The van der Waals surface area contributed by atoms with Gasteiger partial charge >= 0.3 is 0 Å². The molecule has 2 rings (SSSR count). The van der Waals surface area contributed by atoms with Gasteiger partial charge in [-0.05, 0) is 37.5 Å². The van der Waals surface area contributed by atoms with Crippen LogP contribution >= 0.6 is 24.0 Å². The van der Waals surface area contributed by atoms with Crippen molar-refractivity contribution in [3.8, 4) is 0 Å². The fourth-order valence-corrected chi connectivity index (χ4v) is 3.61. The van der Waals surface area contributed by atoms with E-state index in [-0.39, 0.29) is 24.0 Å². The van der Waals surface area contributed by atoms with Crippen LogP contribution in [0.3, 0.4) is 0 Å². The highest BCUT2D eigenvalue weighted by Crippen LogP contribution is 2.30. The number of nitrogens with one attached hydrogen (secondary N) is 2. The van der Waals surface area contributed by atoms with E-state index in [4.69, 9.17) is 9.47 Å². The van der Waals surface area contributed by atoms with E-state index in [1.807, 2.05) is 7.05 Å². The van der Waals surface area contributed by atoms with Crippen molar-refractivity contribution in [1.29, 1.82) is 0 Å². The Bertz CT molecular complexity index is 349. The van der Waals surface area contributed by atoms with E-state index in [2.05, 4.69) is 22.5 Å². The molecule has 1 aliphatic heterocycles. The minimum Gasteiger partial charge on any atom is -0.379 e. The lowest BCUT2D eigenvalue weighted by Crippen LogP contribution is -2.39. The van der Waals surface area contributed by atoms with Gasteiger partial charge < -0.3 is 20.1 Å². The van der Waals surface area contributed by atoms with Crippen molar-refractivity contribution in [2.24, 2.45) is 16.8 Å². The molecule has 2 N–H and O–H groups in total. The average Bonchev–Trinajstić information content (AvgIpc) is 3.06. The number of nitrogens with zero attached hydrogens (tertiary/aromatic N) is 1. The molecule has 2 aliphatic rings. The highest BCUT2D eigenvalue weighted by atomic mass is 127. The first-order valence-corrected chi connectivity index (χ1v) is 9.41. The first-order valence-electron chi connectivity index (χ1n) is 9.41. The molecule has 2 fully saturated rings. The molecule has 0 spiro atoms. The Balaban J connectivity index is 0.00000288. The molecule has 0 aromatic heterocycles. The van der Waals surface area contributed by atoms with Crippen molar-refractivity contribution in [3.05, 3.63) is 0 Å². The third-order valence-corrected chi connectivity index (χ3v) is 4.97. The normalized spacial score (nSPS) is 27.6. The Hall–Kier alpha value is -0.0800. The van der Waals surface area contributed by atoms with Gasteiger partial charge in [0.1, 0.15) is 0 Å². The fraction of sp³-hybridized carbons (Fsp3) is 0.944. The molecule has 24 heavy (non-hydrogen) atoms. The molecular formula is C18H36IN3O2. The first kappa shape index (κ1) is 22.0. The van der Waals surface area contributed by atoms with Crippen LogP contribution in [0.4, 0.5) is 0 Å². The number of hydrogen-bond donors (Lipinski definition) is 2. The Morgan fingerprint density at radius 2 is 2.04 bits per heavy atom. The van der Waals surface area contributed by atoms with Crippen LogP contribution in [-0.4, -0.2) is 52.0 Å². The van der Waals surface area contributed by atoms with E-state index in [0.29, 0.717) is 6.10 Å². The molecule has 1 heterocycles. The Morgan fingerprint density at radius 3 is 2.75 bits per heavy atom. The molecule has 6 heteroatoms. The summed E-state index contributed by atoms with van der Waals surface area (Å²) in [6.45, 7) is 6.70. The number of hydrogen-bond acceptors (Lipinski definition) is 3. The molecule has 0 amide bonds. The molecule has 5 nitrogen and oxygen atoms in total. The van der Waals surface area contributed by atoms with E-state index in [0.717, 1.165) is 63.5 Å². The van der Waals surface area contributed by atoms with Gasteiger partial charge in [-0.3, -0.25) is 4.99 Å². The lowest BCUT2D eigenvalue weighted by Gasteiger charge is -2.26. The maximum atomic E-state index is 5.76. The van der Waals surface area contributed by atoms with Crippen LogP contribution in [0, 0.1) is 11.8 Å². The highest BCUT2D eigenvalue weighted by Gasteiger charge is 2.18. The van der Waals surface area contributed by atoms with Crippen molar-refractivity contribution >= 4 is 29.9 Å². The monoisotopic (exact) mass is 453 g/mol. The van der Waals surface area contributed by atoms with Crippen LogP contribution < -0.4 is 10.6 Å². The molecule has 1 aliphatic carbocycles. The summed E-state index contributed by atoms with van der Waals surface area (Å²) in [7, 11) is 1.84. The zero-order valence-electron chi connectivity index (χ0n) is 15.4. The van der Waals surface area contributed by atoms with E-state index >= 15 is 0 Å². The van der Waals surface area contributed by atoms with Crippen LogP contribution in [0.5, 0.6) is 0 Å². The third kappa shape index (κ3) is 8.85. The molecule has 0 bridgehead atoms. The lowest BCUT2D eigenvalue weighted by atomic mass is 9.81. The fourth-order valence-electron chi connectivity index (χ4n) is 3.61. The summed E-state index contributed by atoms with van der Waals surface area (Å²) >= 11 is 0. The van der Waals surface area contributed by atoms with Gasteiger partial charge in [0.05, 0.1) is 12.7 Å². The zero-order valence-corrected chi connectivity index (χ0v) is 17.7. The second kappa shape index (κ2) is 13.2. The van der Waals surface area contributed by atoms with Crippen molar-refractivity contribution in [1.82, 2.24) is 10.6 Å². The predicted octanol–water partition coefficient (Wildman–Crippen LogP) is 3.18. The van der Waals surface area contributed by atoms with Gasteiger partial charge in [0.2, 0.25) is 0 Å². The summed E-state index contributed by atoms with van der Waals surface area (Å²) in [6, 6.07) is 0. The number of aliphatic imine (C=N–C) groups is 1. The second-order valence-electron chi connectivity index (χ2n) is 7.06. The average molecular weight is 453 g/mol. The van der Waals surface area contributed by atoms with Gasteiger partial charge in [-0.15, -0.1) is 24.0 Å². The Morgan fingerprint density at radius 1 is 1.21 bits per heavy atom. The van der Waals surface area contributed by atoms with Crippen molar-refractivity contribution in [2.45, 2.75) is 58.0 Å². The first-order chi connectivity index (χ1) is 11.3. The largest absolute Gasteiger partial charge is 0.379 e. The standard InChI is InChI=1S/C18H35N3O2.HI/c1-15-5-3-6-16(13-15)7-10-21-18(19-2)20-9-4-11-23-17-8-12-22-14-17;/h15-17H,3-14H2,1-2H3,(H2,19,20,21);1H. The number of guanidine groups is 1. The minimum absolute atomic E-state index is 0. The number of ether oxygens (including phenoxy) is 2. The maximum Gasteiger partial charge on any atom is 0.190 e. The van der Waals surface area contributed by atoms with Crippen LogP contribution in [0.1, 0.15) is 51.9 Å². The van der Waals surface area contributed by atoms with Gasteiger partial charge in [-0.25, -0.2) is 0 Å². The van der Waals surface area contributed by atoms with Gasteiger partial charge in [-0.2, -0.15) is 0 Å². The van der Waals surface area contributed by atoms with Gasteiger partial charge in [0, 0.05) is 33.4 Å². The zero-order chi connectivity index (χ0) is 16.3. The Kier molecular flexibility index (Phi) is 12.0. The van der Waals surface area contributed by atoms with E-state index in [1.165, 1.54) is 32.1 Å². The SMILES string of the molecule is CN=C(NCCCOC1CCOC1)NCCC1CCCC(C)C1.I. The summed E-state index contributed by atoms with van der Waals surface area (Å²) in [5, 5.41) is 6.81. The second-order valence-corrected chi connectivity index (χ2v) is 7.06. The van der Waals surface area contributed by atoms with Crippen molar-refractivity contribution in [3.63, 3.8) is 0 Å². The quantitative estimate of drug-likeness (QED) is 0.257. The summed E-state index contributed by atoms with van der Waals surface area (Å²) < 4.78 is 11.1.